The monoisotopic (exact) mass is 348 g/mol. The molecular formula is C16H15F3N6. The van der Waals surface area contributed by atoms with Gasteiger partial charge in [-0.15, -0.1) is 0 Å². The lowest BCUT2D eigenvalue weighted by Crippen LogP contribution is -2.39. The summed E-state index contributed by atoms with van der Waals surface area (Å²) in [4.78, 5) is 14.0. The van der Waals surface area contributed by atoms with Gasteiger partial charge in [0.25, 0.3) is 0 Å². The molecular weight excluding hydrogens is 333 g/mol. The molecule has 1 saturated heterocycles. The zero-order valence-electron chi connectivity index (χ0n) is 13.2. The number of piperidine rings is 1. The van der Waals surface area contributed by atoms with Crippen molar-refractivity contribution in [3.05, 3.63) is 42.0 Å². The Kier molecular flexibility index (Phi) is 4.70. The average molecular weight is 348 g/mol. The van der Waals surface area contributed by atoms with Crippen molar-refractivity contribution in [2.75, 3.05) is 23.3 Å². The van der Waals surface area contributed by atoms with E-state index in [-0.39, 0.29) is 11.7 Å². The number of aromatic nitrogens is 3. The summed E-state index contributed by atoms with van der Waals surface area (Å²) >= 11 is 0. The molecule has 2 aromatic heterocycles. The second-order valence-electron chi connectivity index (χ2n) is 5.71. The lowest BCUT2D eigenvalue weighted by atomic mass is 10.1. The summed E-state index contributed by atoms with van der Waals surface area (Å²) in [6.45, 7) is 1.36. The fourth-order valence-corrected chi connectivity index (χ4v) is 2.66. The number of nitrogens with zero attached hydrogens (tertiary/aromatic N) is 5. The van der Waals surface area contributed by atoms with E-state index in [2.05, 4.69) is 20.3 Å². The van der Waals surface area contributed by atoms with Crippen LogP contribution < -0.4 is 10.2 Å². The largest absolute Gasteiger partial charge is 0.417 e. The maximum atomic E-state index is 12.6. The number of alkyl halides is 3. The molecule has 2 aromatic rings. The van der Waals surface area contributed by atoms with Gasteiger partial charge in [-0.3, -0.25) is 0 Å². The number of halogens is 3. The highest BCUT2D eigenvalue weighted by atomic mass is 19.4. The molecule has 0 unspecified atom stereocenters. The minimum Gasteiger partial charge on any atom is -0.366 e. The fourth-order valence-electron chi connectivity index (χ4n) is 2.66. The summed E-state index contributed by atoms with van der Waals surface area (Å²) < 4.78 is 37.7. The molecule has 1 N–H and O–H groups in total. The summed E-state index contributed by atoms with van der Waals surface area (Å²) in [5, 5.41) is 12.0. The van der Waals surface area contributed by atoms with Gasteiger partial charge in [-0.1, -0.05) is 0 Å². The maximum Gasteiger partial charge on any atom is 0.417 e. The number of hydrogen-bond donors (Lipinski definition) is 1. The van der Waals surface area contributed by atoms with Crippen LogP contribution in [0.5, 0.6) is 0 Å². The molecule has 9 heteroatoms. The number of hydrogen-bond acceptors (Lipinski definition) is 6. The van der Waals surface area contributed by atoms with Crippen LogP contribution in [0.25, 0.3) is 0 Å². The first kappa shape index (κ1) is 17.0. The van der Waals surface area contributed by atoms with Gasteiger partial charge in [0, 0.05) is 25.3 Å². The molecule has 0 aliphatic carbocycles. The molecule has 130 valence electrons. The van der Waals surface area contributed by atoms with Gasteiger partial charge in [-0.25, -0.2) is 15.0 Å². The van der Waals surface area contributed by atoms with Crippen LogP contribution in [0.1, 0.15) is 24.1 Å². The van der Waals surface area contributed by atoms with Gasteiger partial charge in [0.2, 0.25) is 0 Å². The average Bonchev–Trinajstić information content (AvgIpc) is 2.62. The topological polar surface area (TPSA) is 77.7 Å². The molecule has 0 spiro atoms. The van der Waals surface area contributed by atoms with Crippen LogP contribution >= 0.6 is 0 Å². The van der Waals surface area contributed by atoms with Crippen molar-refractivity contribution in [1.82, 2.24) is 15.0 Å². The van der Waals surface area contributed by atoms with Crippen LogP contribution in [-0.4, -0.2) is 34.1 Å². The first-order valence-corrected chi connectivity index (χ1v) is 7.72. The molecule has 0 amide bonds. The van der Waals surface area contributed by atoms with Crippen LogP contribution in [0.2, 0.25) is 0 Å². The van der Waals surface area contributed by atoms with Gasteiger partial charge in [0.15, 0.2) is 5.69 Å². The Labute approximate surface area is 142 Å². The van der Waals surface area contributed by atoms with Crippen LogP contribution in [-0.2, 0) is 6.18 Å². The number of pyridine rings is 1. The van der Waals surface area contributed by atoms with E-state index in [9.17, 15) is 13.2 Å². The minimum atomic E-state index is -4.37. The normalized spacial score (nSPS) is 15.7. The number of anilines is 2. The number of rotatable bonds is 3. The predicted octanol–water partition coefficient (Wildman–Crippen LogP) is 2.84. The maximum absolute atomic E-state index is 12.6. The molecule has 1 aliphatic rings. The summed E-state index contributed by atoms with van der Waals surface area (Å²) in [5.74, 6) is 1.15. The van der Waals surface area contributed by atoms with E-state index in [0.29, 0.717) is 24.7 Å². The lowest BCUT2D eigenvalue weighted by Gasteiger charge is -2.33. The number of nitrogens with one attached hydrogen (secondary N) is 1. The lowest BCUT2D eigenvalue weighted by molar-refractivity contribution is -0.137. The van der Waals surface area contributed by atoms with Gasteiger partial charge in [0.1, 0.15) is 17.7 Å². The highest BCUT2D eigenvalue weighted by molar-refractivity contribution is 5.41. The second-order valence-corrected chi connectivity index (χ2v) is 5.71. The van der Waals surface area contributed by atoms with Crippen molar-refractivity contribution >= 4 is 11.6 Å². The number of nitriles is 1. The van der Waals surface area contributed by atoms with Crippen LogP contribution in [0.3, 0.4) is 0 Å². The SMILES string of the molecule is N#Cc1cnc(NC2CCN(c3ccc(C(F)(F)F)cn3)CC2)cn1. The van der Waals surface area contributed by atoms with Crippen molar-refractivity contribution < 1.29 is 13.2 Å². The van der Waals surface area contributed by atoms with Crippen molar-refractivity contribution in [3.63, 3.8) is 0 Å². The Morgan fingerprint density at radius 3 is 2.36 bits per heavy atom. The molecule has 0 radical (unpaired) electrons. The smallest absolute Gasteiger partial charge is 0.366 e. The van der Waals surface area contributed by atoms with Gasteiger partial charge in [0.05, 0.1) is 18.0 Å². The first-order valence-electron chi connectivity index (χ1n) is 7.72. The molecule has 3 rings (SSSR count). The molecule has 0 atom stereocenters. The zero-order valence-corrected chi connectivity index (χ0v) is 13.2. The Balaban J connectivity index is 1.55. The Hall–Kier alpha value is -2.89. The molecule has 0 aromatic carbocycles. The van der Waals surface area contributed by atoms with E-state index in [1.807, 2.05) is 11.0 Å². The van der Waals surface area contributed by atoms with E-state index in [1.54, 1.807) is 0 Å². The highest BCUT2D eigenvalue weighted by Gasteiger charge is 2.31. The predicted molar refractivity (Wildman–Crippen MR) is 84.8 cm³/mol. The third-order valence-electron chi connectivity index (χ3n) is 4.01. The van der Waals surface area contributed by atoms with Gasteiger partial charge < -0.3 is 10.2 Å². The molecule has 25 heavy (non-hydrogen) atoms. The van der Waals surface area contributed by atoms with Crippen molar-refractivity contribution in [2.24, 2.45) is 0 Å². The summed E-state index contributed by atoms with van der Waals surface area (Å²) in [6, 6.07) is 4.56. The summed E-state index contributed by atoms with van der Waals surface area (Å²) in [7, 11) is 0. The summed E-state index contributed by atoms with van der Waals surface area (Å²) in [5.41, 5.74) is -0.485. The Morgan fingerprint density at radius 1 is 1.08 bits per heavy atom. The quantitative estimate of drug-likeness (QED) is 0.919. The molecule has 0 saturated carbocycles. The van der Waals surface area contributed by atoms with Gasteiger partial charge in [-0.05, 0) is 25.0 Å². The Bertz CT molecular complexity index is 743. The van der Waals surface area contributed by atoms with E-state index in [0.717, 1.165) is 25.1 Å². The third kappa shape index (κ3) is 4.15. The summed E-state index contributed by atoms with van der Waals surface area (Å²) in [6.07, 6.45) is 1.01. The van der Waals surface area contributed by atoms with Gasteiger partial charge >= 0.3 is 6.18 Å². The molecule has 6 nitrogen and oxygen atoms in total. The van der Waals surface area contributed by atoms with Crippen molar-refractivity contribution in [1.29, 1.82) is 5.26 Å². The van der Waals surface area contributed by atoms with Crippen LogP contribution in [0, 0.1) is 11.3 Å². The van der Waals surface area contributed by atoms with E-state index in [4.69, 9.17) is 5.26 Å². The Morgan fingerprint density at radius 2 is 1.84 bits per heavy atom. The van der Waals surface area contributed by atoms with E-state index in [1.165, 1.54) is 18.5 Å². The van der Waals surface area contributed by atoms with Crippen LogP contribution in [0.15, 0.2) is 30.7 Å². The highest BCUT2D eigenvalue weighted by Crippen LogP contribution is 2.29. The minimum absolute atomic E-state index is 0.188. The van der Waals surface area contributed by atoms with Crippen LogP contribution in [0.4, 0.5) is 24.8 Å². The first-order chi connectivity index (χ1) is 12.0. The second kappa shape index (κ2) is 6.93. The molecule has 0 bridgehead atoms. The molecule has 1 fully saturated rings. The molecule has 1 aliphatic heterocycles. The van der Waals surface area contributed by atoms with Crippen molar-refractivity contribution in [2.45, 2.75) is 25.1 Å². The third-order valence-corrected chi connectivity index (χ3v) is 4.01. The zero-order chi connectivity index (χ0) is 17.9. The standard InChI is InChI=1S/C16H15F3N6/c17-16(18,19)11-1-2-15(23-8-11)25-5-3-12(4-6-25)24-14-10-21-13(7-20)9-22-14/h1-2,8-10,12H,3-6H2,(H,22,24). The van der Waals surface area contributed by atoms with Gasteiger partial charge in [-0.2, -0.15) is 18.4 Å². The van der Waals surface area contributed by atoms with E-state index < -0.39 is 11.7 Å². The fraction of sp³-hybridized carbons (Fsp3) is 0.375. The van der Waals surface area contributed by atoms with E-state index >= 15 is 0 Å². The molecule has 3 heterocycles. The van der Waals surface area contributed by atoms with Crippen molar-refractivity contribution in [3.8, 4) is 6.07 Å².